The smallest absolute Gasteiger partial charge is 0.272 e. The van der Waals surface area contributed by atoms with Crippen LogP contribution in [0.25, 0.3) is 11.0 Å². The number of aromatic nitrogens is 2. The lowest BCUT2D eigenvalue weighted by atomic mass is 10.0. The number of methoxy groups -OCH3 is 1. The van der Waals surface area contributed by atoms with Gasteiger partial charge in [-0.1, -0.05) is 13.0 Å². The van der Waals surface area contributed by atoms with E-state index in [9.17, 15) is 9.59 Å². The third-order valence-electron chi connectivity index (χ3n) is 4.71. The van der Waals surface area contributed by atoms with Gasteiger partial charge in [-0.2, -0.15) is 0 Å². The van der Waals surface area contributed by atoms with Gasteiger partial charge in [0.2, 0.25) is 0 Å². The van der Waals surface area contributed by atoms with E-state index in [0.717, 1.165) is 16.6 Å². The summed E-state index contributed by atoms with van der Waals surface area (Å²) in [6, 6.07) is 10.5. The van der Waals surface area contributed by atoms with E-state index in [0.29, 0.717) is 23.3 Å². The highest BCUT2D eigenvalue weighted by Gasteiger charge is 2.30. The average molecular weight is 394 g/mol. The van der Waals surface area contributed by atoms with Crippen LogP contribution in [-0.4, -0.2) is 39.4 Å². The molecular weight excluding hydrogens is 368 g/mol. The molecule has 3 rings (SSSR count). The Balaban J connectivity index is 1.94. The molecule has 0 aliphatic rings. The summed E-state index contributed by atoms with van der Waals surface area (Å²) in [6.07, 6.45) is 2.21. The van der Waals surface area contributed by atoms with Gasteiger partial charge < -0.3 is 9.72 Å². The fourth-order valence-electron chi connectivity index (χ4n) is 3.22. The number of imidazole rings is 1. The number of fused-ring (bicyclic) bond motifs is 1. The second-order valence-corrected chi connectivity index (χ2v) is 7.73. The van der Waals surface area contributed by atoms with Crippen LogP contribution in [-0.2, 0) is 6.42 Å². The Morgan fingerprint density at radius 1 is 1.21 bits per heavy atom. The summed E-state index contributed by atoms with van der Waals surface area (Å²) in [6.45, 7) is 7.56. The summed E-state index contributed by atoms with van der Waals surface area (Å²) in [5.41, 5.74) is 5.44. The predicted octanol–water partition coefficient (Wildman–Crippen LogP) is 3.72. The molecule has 152 valence electrons. The quantitative estimate of drug-likeness (QED) is 0.660. The molecule has 0 aliphatic heterocycles. The van der Waals surface area contributed by atoms with Crippen molar-refractivity contribution in [3.05, 3.63) is 59.4 Å². The van der Waals surface area contributed by atoms with Crippen LogP contribution >= 0.6 is 0 Å². The zero-order valence-corrected chi connectivity index (χ0v) is 17.4. The lowest BCUT2D eigenvalue weighted by Gasteiger charge is -2.35. The first-order chi connectivity index (χ1) is 13.8. The van der Waals surface area contributed by atoms with Crippen molar-refractivity contribution < 1.29 is 14.3 Å². The van der Waals surface area contributed by atoms with Crippen LogP contribution in [0.3, 0.4) is 0 Å². The first-order valence-electron chi connectivity index (χ1n) is 9.50. The van der Waals surface area contributed by atoms with Gasteiger partial charge in [-0.25, -0.2) is 9.99 Å². The first kappa shape index (κ1) is 20.4. The van der Waals surface area contributed by atoms with Crippen LogP contribution in [0, 0.1) is 0 Å². The van der Waals surface area contributed by atoms with E-state index in [2.05, 4.69) is 15.4 Å². The molecule has 0 unspecified atom stereocenters. The van der Waals surface area contributed by atoms with Crippen molar-refractivity contribution >= 4 is 22.8 Å². The molecule has 0 bridgehead atoms. The van der Waals surface area contributed by atoms with Gasteiger partial charge in [-0.15, -0.1) is 0 Å². The van der Waals surface area contributed by atoms with Crippen molar-refractivity contribution in [3.63, 3.8) is 0 Å². The van der Waals surface area contributed by atoms with E-state index in [4.69, 9.17) is 4.74 Å². The molecule has 1 aromatic heterocycles. The van der Waals surface area contributed by atoms with Crippen molar-refractivity contribution in [2.24, 2.45) is 0 Å². The van der Waals surface area contributed by atoms with Gasteiger partial charge in [0.15, 0.2) is 0 Å². The standard InChI is InChI=1S/C22H26N4O3/c1-6-15-16(8-7-9-19(15)29-5)20(27)25-26(22(2,3)4)21(28)14-10-11-17-18(12-14)24-13-23-17/h7-13H,6H2,1-5H3,(H,23,24)(H,25,27). The average Bonchev–Trinajstić information content (AvgIpc) is 3.17. The molecule has 0 spiro atoms. The van der Waals surface area contributed by atoms with Gasteiger partial charge in [0, 0.05) is 16.7 Å². The van der Waals surface area contributed by atoms with Crippen LogP contribution in [0.2, 0.25) is 0 Å². The van der Waals surface area contributed by atoms with E-state index < -0.39 is 5.54 Å². The van der Waals surface area contributed by atoms with Crippen LogP contribution in [0.15, 0.2) is 42.7 Å². The lowest BCUT2D eigenvalue weighted by molar-refractivity contribution is 0.0358. The SMILES string of the molecule is CCc1c(OC)cccc1C(=O)NN(C(=O)c1ccc2nc[nH]c2c1)C(C)(C)C. The molecule has 1 heterocycles. The molecule has 2 amide bonds. The molecule has 7 nitrogen and oxygen atoms in total. The van der Waals surface area contributed by atoms with E-state index in [-0.39, 0.29) is 11.8 Å². The fourth-order valence-corrected chi connectivity index (χ4v) is 3.22. The maximum absolute atomic E-state index is 13.3. The van der Waals surface area contributed by atoms with Gasteiger partial charge in [-0.05, 0) is 57.5 Å². The van der Waals surface area contributed by atoms with E-state index in [1.807, 2.05) is 33.8 Å². The number of benzene rings is 2. The summed E-state index contributed by atoms with van der Waals surface area (Å²) in [7, 11) is 1.58. The summed E-state index contributed by atoms with van der Waals surface area (Å²) < 4.78 is 5.38. The van der Waals surface area contributed by atoms with Gasteiger partial charge >= 0.3 is 0 Å². The molecule has 0 aliphatic carbocycles. The maximum atomic E-state index is 13.3. The van der Waals surface area contributed by atoms with Gasteiger partial charge in [-0.3, -0.25) is 15.0 Å². The molecule has 7 heteroatoms. The van der Waals surface area contributed by atoms with Crippen molar-refractivity contribution in [2.45, 2.75) is 39.7 Å². The molecule has 0 atom stereocenters. The highest BCUT2D eigenvalue weighted by Crippen LogP contribution is 2.24. The minimum atomic E-state index is -0.638. The Labute approximate surface area is 170 Å². The van der Waals surface area contributed by atoms with Crippen LogP contribution < -0.4 is 10.2 Å². The van der Waals surface area contributed by atoms with Crippen molar-refractivity contribution in [1.29, 1.82) is 0 Å². The zero-order chi connectivity index (χ0) is 21.2. The Kier molecular flexibility index (Phi) is 5.59. The highest BCUT2D eigenvalue weighted by molar-refractivity contribution is 6.01. The van der Waals surface area contributed by atoms with Crippen LogP contribution in [0.1, 0.15) is 54.0 Å². The second kappa shape index (κ2) is 7.95. The van der Waals surface area contributed by atoms with Crippen LogP contribution in [0.4, 0.5) is 0 Å². The van der Waals surface area contributed by atoms with E-state index in [1.165, 1.54) is 5.01 Å². The molecule has 0 saturated carbocycles. The first-order valence-corrected chi connectivity index (χ1v) is 9.50. The number of ether oxygens (including phenoxy) is 1. The minimum Gasteiger partial charge on any atom is -0.496 e. The molecule has 2 N–H and O–H groups in total. The number of nitrogens with zero attached hydrogens (tertiary/aromatic N) is 2. The number of H-pyrrole nitrogens is 1. The van der Waals surface area contributed by atoms with Crippen LogP contribution in [0.5, 0.6) is 5.75 Å². The van der Waals surface area contributed by atoms with Crippen molar-refractivity contribution in [1.82, 2.24) is 20.4 Å². The van der Waals surface area contributed by atoms with E-state index >= 15 is 0 Å². The monoisotopic (exact) mass is 394 g/mol. The number of hydrogen-bond acceptors (Lipinski definition) is 4. The van der Waals surface area contributed by atoms with Gasteiger partial charge in [0.05, 0.1) is 30.0 Å². The number of carbonyl (C=O) groups is 2. The summed E-state index contributed by atoms with van der Waals surface area (Å²) in [5.74, 6) is -0.00609. The summed E-state index contributed by atoms with van der Waals surface area (Å²) in [4.78, 5) is 33.5. The van der Waals surface area contributed by atoms with Gasteiger partial charge in [0.1, 0.15) is 5.75 Å². The Bertz CT molecular complexity index is 1050. The van der Waals surface area contributed by atoms with E-state index in [1.54, 1.807) is 43.8 Å². The number of nitrogens with one attached hydrogen (secondary N) is 2. The van der Waals surface area contributed by atoms with Crippen molar-refractivity contribution in [3.8, 4) is 5.75 Å². The number of hydrogen-bond donors (Lipinski definition) is 2. The number of amides is 2. The highest BCUT2D eigenvalue weighted by atomic mass is 16.5. The Morgan fingerprint density at radius 2 is 1.97 bits per heavy atom. The van der Waals surface area contributed by atoms with Gasteiger partial charge in [0.25, 0.3) is 11.8 Å². The Hall–Kier alpha value is -3.35. The fraction of sp³-hybridized carbons (Fsp3) is 0.318. The number of aromatic amines is 1. The second-order valence-electron chi connectivity index (χ2n) is 7.73. The maximum Gasteiger partial charge on any atom is 0.272 e. The molecule has 0 saturated heterocycles. The summed E-state index contributed by atoms with van der Waals surface area (Å²) >= 11 is 0. The molecule has 0 radical (unpaired) electrons. The Morgan fingerprint density at radius 3 is 2.62 bits per heavy atom. The minimum absolute atomic E-state index is 0.303. The van der Waals surface area contributed by atoms with Crippen molar-refractivity contribution in [2.75, 3.05) is 7.11 Å². The topological polar surface area (TPSA) is 87.3 Å². The largest absolute Gasteiger partial charge is 0.496 e. The summed E-state index contributed by atoms with van der Waals surface area (Å²) in [5, 5.41) is 1.37. The third kappa shape index (κ3) is 4.08. The normalized spacial score (nSPS) is 11.3. The third-order valence-corrected chi connectivity index (χ3v) is 4.71. The lowest BCUT2D eigenvalue weighted by Crippen LogP contribution is -2.56. The molecule has 3 aromatic rings. The molecule has 29 heavy (non-hydrogen) atoms. The molecular formula is C22H26N4O3. The number of rotatable bonds is 4. The number of carbonyl (C=O) groups excluding carboxylic acids is 2. The predicted molar refractivity (Wildman–Crippen MR) is 112 cm³/mol. The molecule has 2 aromatic carbocycles. The molecule has 0 fully saturated rings. The number of hydrazine groups is 1. The zero-order valence-electron chi connectivity index (χ0n) is 17.4.